The van der Waals surface area contributed by atoms with Crippen molar-refractivity contribution in [3.63, 3.8) is 0 Å². The molecule has 0 aliphatic carbocycles. The van der Waals surface area contributed by atoms with Crippen LogP contribution in [0.3, 0.4) is 0 Å². The molecule has 21 heavy (non-hydrogen) atoms. The van der Waals surface area contributed by atoms with Gasteiger partial charge in [-0.05, 0) is 57.1 Å². The zero-order valence-electron chi connectivity index (χ0n) is 14.0. The van der Waals surface area contributed by atoms with Gasteiger partial charge in [-0.25, -0.2) is 4.98 Å². The smallest absolute Gasteiger partial charge is 0.129 e. The van der Waals surface area contributed by atoms with Crippen LogP contribution >= 0.6 is 0 Å². The third-order valence-corrected chi connectivity index (χ3v) is 4.03. The van der Waals surface area contributed by atoms with Gasteiger partial charge in [0.15, 0.2) is 0 Å². The van der Waals surface area contributed by atoms with E-state index < -0.39 is 0 Å². The lowest BCUT2D eigenvalue weighted by molar-refractivity contribution is 0.337. The van der Waals surface area contributed by atoms with Crippen molar-refractivity contribution in [3.8, 4) is 0 Å². The summed E-state index contributed by atoms with van der Waals surface area (Å²) in [6, 6.07) is 4.88. The molecule has 0 radical (unpaired) electrons. The zero-order chi connectivity index (χ0) is 15.2. The molecule has 4 nitrogen and oxygen atoms in total. The highest BCUT2D eigenvalue weighted by atomic mass is 15.3. The van der Waals surface area contributed by atoms with Gasteiger partial charge in [-0.1, -0.05) is 13.8 Å². The summed E-state index contributed by atoms with van der Waals surface area (Å²) in [4.78, 5) is 9.47. The van der Waals surface area contributed by atoms with Gasteiger partial charge < -0.3 is 15.1 Å². The van der Waals surface area contributed by atoms with Crippen LogP contribution in [-0.4, -0.2) is 49.2 Å². The molecule has 0 saturated carbocycles. The summed E-state index contributed by atoms with van der Waals surface area (Å²) < 4.78 is 0. The minimum Gasteiger partial charge on any atom is -0.353 e. The maximum Gasteiger partial charge on any atom is 0.129 e. The van der Waals surface area contributed by atoms with Crippen LogP contribution in [0.4, 0.5) is 5.82 Å². The van der Waals surface area contributed by atoms with Gasteiger partial charge in [0.1, 0.15) is 5.82 Å². The Balaban J connectivity index is 2.02. The Kier molecular flexibility index (Phi) is 6.00. The molecular formula is C17H30N4. The molecule has 1 atom stereocenters. The van der Waals surface area contributed by atoms with Crippen LogP contribution < -0.4 is 10.2 Å². The van der Waals surface area contributed by atoms with E-state index in [1.807, 2.05) is 6.20 Å². The molecule has 0 bridgehead atoms. The first-order valence-corrected chi connectivity index (χ1v) is 8.17. The fourth-order valence-electron chi connectivity index (χ4n) is 2.95. The molecule has 2 heterocycles. The van der Waals surface area contributed by atoms with E-state index in [0.717, 1.165) is 32.0 Å². The van der Waals surface area contributed by atoms with Crippen molar-refractivity contribution in [2.75, 3.05) is 38.1 Å². The lowest BCUT2D eigenvalue weighted by Gasteiger charge is -2.29. The maximum absolute atomic E-state index is 4.60. The normalized spacial score (nSPS) is 20.8. The number of pyridine rings is 1. The second kappa shape index (κ2) is 7.76. The van der Waals surface area contributed by atoms with Crippen molar-refractivity contribution in [2.24, 2.45) is 5.92 Å². The molecule has 1 fully saturated rings. The Bertz CT molecular complexity index is 433. The van der Waals surface area contributed by atoms with Gasteiger partial charge in [-0.3, -0.25) is 0 Å². The molecule has 118 valence electrons. The van der Waals surface area contributed by atoms with Gasteiger partial charge in [0.25, 0.3) is 0 Å². The summed E-state index contributed by atoms with van der Waals surface area (Å²) in [5, 5.41) is 3.51. The SMILES string of the molecule is CC(C)CNCc1ccnc(N2CCCN(C)CC2C)c1. The standard InChI is InChI=1S/C17H30N4/c1-14(2)11-18-12-16-6-7-19-17(10-16)21-9-5-8-20(4)13-15(21)3/h6-7,10,14-15,18H,5,8-9,11-13H2,1-4H3. The second-order valence-electron chi connectivity index (χ2n) is 6.71. The molecule has 1 aliphatic rings. The number of rotatable bonds is 5. The average molecular weight is 290 g/mol. The number of likely N-dealkylation sites (N-methyl/N-ethyl adjacent to an activating group) is 1. The summed E-state index contributed by atoms with van der Waals surface area (Å²) in [6.07, 6.45) is 3.15. The third kappa shape index (κ3) is 4.97. The number of anilines is 1. The second-order valence-corrected chi connectivity index (χ2v) is 6.71. The molecule has 2 rings (SSSR count). The number of hydrogen-bond donors (Lipinski definition) is 1. The molecule has 0 amide bonds. The molecule has 1 unspecified atom stereocenters. The van der Waals surface area contributed by atoms with Gasteiger partial charge >= 0.3 is 0 Å². The van der Waals surface area contributed by atoms with Crippen LogP contribution in [-0.2, 0) is 6.54 Å². The Morgan fingerprint density at radius 1 is 1.38 bits per heavy atom. The Morgan fingerprint density at radius 2 is 2.19 bits per heavy atom. The predicted octanol–water partition coefficient (Wildman–Crippen LogP) is 2.36. The van der Waals surface area contributed by atoms with Crippen LogP contribution in [0.5, 0.6) is 0 Å². The van der Waals surface area contributed by atoms with Crippen molar-refractivity contribution in [3.05, 3.63) is 23.9 Å². The van der Waals surface area contributed by atoms with E-state index >= 15 is 0 Å². The van der Waals surface area contributed by atoms with E-state index in [-0.39, 0.29) is 0 Å². The molecule has 1 N–H and O–H groups in total. The number of aromatic nitrogens is 1. The van der Waals surface area contributed by atoms with Crippen molar-refractivity contribution in [1.29, 1.82) is 0 Å². The Morgan fingerprint density at radius 3 is 2.95 bits per heavy atom. The van der Waals surface area contributed by atoms with Crippen LogP contribution in [0.2, 0.25) is 0 Å². The average Bonchev–Trinajstić information content (AvgIpc) is 2.59. The first-order chi connectivity index (χ1) is 10.1. The van der Waals surface area contributed by atoms with Gasteiger partial charge in [0.05, 0.1) is 0 Å². The highest BCUT2D eigenvalue weighted by Crippen LogP contribution is 2.19. The van der Waals surface area contributed by atoms with E-state index in [1.165, 1.54) is 18.5 Å². The van der Waals surface area contributed by atoms with Crippen molar-refractivity contribution in [2.45, 2.75) is 39.8 Å². The Labute approximate surface area is 129 Å². The third-order valence-electron chi connectivity index (χ3n) is 4.03. The van der Waals surface area contributed by atoms with E-state index in [9.17, 15) is 0 Å². The van der Waals surface area contributed by atoms with E-state index in [4.69, 9.17) is 0 Å². The first kappa shape index (κ1) is 16.2. The lowest BCUT2D eigenvalue weighted by atomic mass is 10.2. The van der Waals surface area contributed by atoms with Gasteiger partial charge in [-0.2, -0.15) is 0 Å². The number of nitrogens with one attached hydrogen (secondary N) is 1. The molecule has 1 saturated heterocycles. The van der Waals surface area contributed by atoms with Crippen LogP contribution in [0.25, 0.3) is 0 Å². The van der Waals surface area contributed by atoms with Gasteiger partial charge in [0, 0.05) is 31.9 Å². The van der Waals surface area contributed by atoms with E-state index in [0.29, 0.717) is 12.0 Å². The van der Waals surface area contributed by atoms with Crippen molar-refractivity contribution < 1.29 is 0 Å². The van der Waals surface area contributed by atoms with Crippen LogP contribution in [0, 0.1) is 5.92 Å². The maximum atomic E-state index is 4.60. The van der Waals surface area contributed by atoms with E-state index in [2.05, 4.69) is 60.1 Å². The summed E-state index contributed by atoms with van der Waals surface area (Å²) >= 11 is 0. The summed E-state index contributed by atoms with van der Waals surface area (Å²) in [5.74, 6) is 1.81. The van der Waals surface area contributed by atoms with E-state index in [1.54, 1.807) is 0 Å². The highest BCUT2D eigenvalue weighted by molar-refractivity contribution is 5.42. The van der Waals surface area contributed by atoms with Crippen molar-refractivity contribution >= 4 is 5.82 Å². The quantitative estimate of drug-likeness (QED) is 0.902. The number of nitrogens with zero attached hydrogens (tertiary/aromatic N) is 3. The largest absolute Gasteiger partial charge is 0.353 e. The molecule has 0 aromatic carbocycles. The minimum absolute atomic E-state index is 0.517. The highest BCUT2D eigenvalue weighted by Gasteiger charge is 2.20. The van der Waals surface area contributed by atoms with Gasteiger partial charge in [0.2, 0.25) is 0 Å². The molecule has 1 aromatic heterocycles. The summed E-state index contributed by atoms with van der Waals surface area (Å²) in [7, 11) is 2.21. The molecule has 0 spiro atoms. The fraction of sp³-hybridized carbons (Fsp3) is 0.706. The fourth-order valence-corrected chi connectivity index (χ4v) is 2.95. The first-order valence-electron chi connectivity index (χ1n) is 8.17. The summed E-state index contributed by atoms with van der Waals surface area (Å²) in [5.41, 5.74) is 1.32. The zero-order valence-corrected chi connectivity index (χ0v) is 14.0. The summed E-state index contributed by atoms with van der Waals surface area (Å²) in [6.45, 7) is 12.1. The number of hydrogen-bond acceptors (Lipinski definition) is 4. The Hall–Kier alpha value is -1.13. The van der Waals surface area contributed by atoms with Crippen molar-refractivity contribution in [1.82, 2.24) is 15.2 Å². The molecule has 1 aliphatic heterocycles. The van der Waals surface area contributed by atoms with Gasteiger partial charge in [-0.15, -0.1) is 0 Å². The van der Waals surface area contributed by atoms with Crippen LogP contribution in [0.15, 0.2) is 18.3 Å². The molecule has 1 aromatic rings. The topological polar surface area (TPSA) is 31.4 Å². The van der Waals surface area contributed by atoms with Crippen LogP contribution in [0.1, 0.15) is 32.8 Å². The predicted molar refractivity (Wildman–Crippen MR) is 89.7 cm³/mol. The molecular weight excluding hydrogens is 260 g/mol. The molecule has 4 heteroatoms. The lowest BCUT2D eigenvalue weighted by Crippen LogP contribution is -2.38. The monoisotopic (exact) mass is 290 g/mol. The minimum atomic E-state index is 0.517.